The molecule has 0 spiro atoms. The smallest absolute Gasteiger partial charge is 0.264 e. The van der Waals surface area contributed by atoms with Gasteiger partial charge in [-0.05, 0) is 43.3 Å². The summed E-state index contributed by atoms with van der Waals surface area (Å²) in [5.41, 5.74) is 4.52. The van der Waals surface area contributed by atoms with E-state index >= 15 is 0 Å². The van der Waals surface area contributed by atoms with E-state index in [0.717, 1.165) is 22.6 Å². The van der Waals surface area contributed by atoms with Crippen molar-refractivity contribution in [1.29, 1.82) is 0 Å². The van der Waals surface area contributed by atoms with E-state index in [4.69, 9.17) is 4.74 Å². The van der Waals surface area contributed by atoms with Crippen LogP contribution in [0.2, 0.25) is 0 Å². The minimum Gasteiger partial charge on any atom is -0.482 e. The van der Waals surface area contributed by atoms with Crippen LogP contribution in [0.4, 0.5) is 17.3 Å². The molecule has 6 heteroatoms. The largest absolute Gasteiger partial charge is 0.482 e. The maximum Gasteiger partial charge on any atom is 0.264 e. The van der Waals surface area contributed by atoms with Crippen LogP contribution in [0.5, 0.6) is 5.75 Å². The number of nitrogens with one attached hydrogen (secondary N) is 1. The Morgan fingerprint density at radius 2 is 1.92 bits per heavy atom. The van der Waals surface area contributed by atoms with Gasteiger partial charge in [-0.2, -0.15) is 0 Å². The molecule has 0 radical (unpaired) electrons. The second-order valence-electron chi connectivity index (χ2n) is 6.18. The predicted molar refractivity (Wildman–Crippen MR) is 101 cm³/mol. The lowest BCUT2D eigenvalue weighted by Crippen LogP contribution is -2.35. The summed E-state index contributed by atoms with van der Waals surface area (Å²) in [6.45, 7) is 2.11. The summed E-state index contributed by atoms with van der Waals surface area (Å²) in [6, 6.07) is 15.6. The third kappa shape index (κ3) is 3.09. The van der Waals surface area contributed by atoms with Gasteiger partial charge in [-0.25, -0.2) is 9.97 Å². The van der Waals surface area contributed by atoms with Crippen molar-refractivity contribution in [2.75, 3.05) is 23.9 Å². The molecule has 0 aliphatic carbocycles. The molecule has 1 amide bonds. The Labute approximate surface area is 151 Å². The van der Waals surface area contributed by atoms with Gasteiger partial charge in [-0.3, -0.25) is 4.79 Å². The quantitative estimate of drug-likeness (QED) is 0.785. The molecule has 2 heterocycles. The zero-order chi connectivity index (χ0) is 18.1. The van der Waals surface area contributed by atoms with Gasteiger partial charge in [0.05, 0.1) is 11.4 Å². The van der Waals surface area contributed by atoms with Gasteiger partial charge >= 0.3 is 0 Å². The summed E-state index contributed by atoms with van der Waals surface area (Å²) in [5, 5.41) is 3.21. The maximum atomic E-state index is 11.9. The second kappa shape index (κ2) is 6.48. The average molecular weight is 346 g/mol. The second-order valence-corrected chi connectivity index (χ2v) is 6.18. The number of benzene rings is 2. The van der Waals surface area contributed by atoms with Gasteiger partial charge < -0.3 is 15.0 Å². The van der Waals surface area contributed by atoms with E-state index in [9.17, 15) is 4.79 Å². The average Bonchev–Trinajstić information content (AvgIpc) is 2.67. The fourth-order valence-corrected chi connectivity index (χ4v) is 2.78. The molecule has 1 aliphatic heterocycles. The van der Waals surface area contributed by atoms with Crippen LogP contribution >= 0.6 is 0 Å². The van der Waals surface area contributed by atoms with Crippen molar-refractivity contribution in [3.05, 3.63) is 60.3 Å². The van der Waals surface area contributed by atoms with Crippen LogP contribution in [0, 0.1) is 6.92 Å². The van der Waals surface area contributed by atoms with Gasteiger partial charge in [-0.1, -0.05) is 17.7 Å². The first-order chi connectivity index (χ1) is 12.6. The number of carbonyl (C=O) groups excluding carboxylic acids is 1. The van der Waals surface area contributed by atoms with E-state index in [-0.39, 0.29) is 12.5 Å². The number of hydrogen-bond acceptors (Lipinski definition) is 5. The number of likely N-dealkylation sites (N-methyl/N-ethyl adjacent to an activating group) is 1. The summed E-state index contributed by atoms with van der Waals surface area (Å²) >= 11 is 0. The molecule has 2 aromatic carbocycles. The van der Waals surface area contributed by atoms with E-state index in [0.29, 0.717) is 11.7 Å². The van der Waals surface area contributed by atoms with Crippen molar-refractivity contribution < 1.29 is 9.53 Å². The maximum absolute atomic E-state index is 11.9. The Hall–Kier alpha value is -3.41. The van der Waals surface area contributed by atoms with Crippen LogP contribution in [0.25, 0.3) is 11.3 Å². The summed E-state index contributed by atoms with van der Waals surface area (Å²) in [6.07, 6.45) is 1.71. The molecule has 0 fully saturated rings. The first-order valence-corrected chi connectivity index (χ1v) is 8.31. The molecule has 0 bridgehead atoms. The minimum absolute atomic E-state index is 0.0703. The molecular weight excluding hydrogens is 328 g/mol. The zero-order valence-corrected chi connectivity index (χ0v) is 14.6. The van der Waals surface area contributed by atoms with E-state index in [2.05, 4.69) is 15.3 Å². The molecule has 1 aliphatic rings. The Bertz CT molecular complexity index is 970. The van der Waals surface area contributed by atoms with Gasteiger partial charge in [0.15, 0.2) is 6.61 Å². The number of nitrogens with zero attached hydrogens (tertiary/aromatic N) is 3. The normalized spacial score (nSPS) is 13.2. The van der Waals surface area contributed by atoms with Crippen LogP contribution in [0.15, 0.2) is 54.7 Å². The van der Waals surface area contributed by atoms with Gasteiger partial charge in [-0.15, -0.1) is 0 Å². The van der Waals surface area contributed by atoms with Crippen molar-refractivity contribution in [2.24, 2.45) is 0 Å². The lowest BCUT2D eigenvalue weighted by Gasteiger charge is -2.26. The van der Waals surface area contributed by atoms with Crippen molar-refractivity contribution in [3.63, 3.8) is 0 Å². The lowest BCUT2D eigenvalue weighted by molar-refractivity contribution is -0.120. The number of rotatable bonds is 3. The highest BCUT2D eigenvalue weighted by Crippen LogP contribution is 2.35. The number of amides is 1. The molecule has 4 rings (SSSR count). The Balaban J connectivity index is 1.64. The monoisotopic (exact) mass is 346 g/mol. The topological polar surface area (TPSA) is 67.4 Å². The molecule has 0 saturated heterocycles. The number of anilines is 3. The molecule has 130 valence electrons. The van der Waals surface area contributed by atoms with Crippen LogP contribution in [0.1, 0.15) is 5.56 Å². The fraction of sp³-hybridized carbons (Fsp3) is 0.150. The molecule has 0 unspecified atom stereocenters. The van der Waals surface area contributed by atoms with Crippen LogP contribution < -0.4 is 15.0 Å². The lowest BCUT2D eigenvalue weighted by atomic mass is 10.1. The minimum atomic E-state index is -0.0703. The SMILES string of the molecule is Cc1ccc(Nc2nccc(-c3ccc4c(c3)N(C)C(=O)CO4)n2)cc1. The molecule has 1 aromatic heterocycles. The first-order valence-electron chi connectivity index (χ1n) is 8.31. The fourth-order valence-electron chi connectivity index (χ4n) is 2.78. The molecule has 0 saturated carbocycles. The van der Waals surface area contributed by atoms with Crippen molar-refractivity contribution in [3.8, 4) is 17.0 Å². The molecule has 3 aromatic rings. The van der Waals surface area contributed by atoms with Crippen molar-refractivity contribution >= 4 is 23.2 Å². The van der Waals surface area contributed by atoms with Gasteiger partial charge in [0, 0.05) is 24.5 Å². The summed E-state index contributed by atoms with van der Waals surface area (Å²) in [7, 11) is 1.75. The zero-order valence-electron chi connectivity index (χ0n) is 14.6. The number of aromatic nitrogens is 2. The number of hydrogen-bond donors (Lipinski definition) is 1. The van der Waals surface area contributed by atoms with Crippen LogP contribution in [-0.4, -0.2) is 29.5 Å². The Morgan fingerprint density at radius 3 is 2.73 bits per heavy atom. The van der Waals surface area contributed by atoms with Crippen molar-refractivity contribution in [2.45, 2.75) is 6.92 Å². The standard InChI is InChI=1S/C20H18N4O2/c1-13-3-6-15(7-4-13)22-20-21-10-9-16(23-20)14-5-8-18-17(11-14)24(2)19(25)12-26-18/h3-11H,12H2,1-2H3,(H,21,22,23). The predicted octanol–water partition coefficient (Wildman–Crippen LogP) is 3.55. The highest BCUT2D eigenvalue weighted by atomic mass is 16.5. The number of ether oxygens (including phenoxy) is 1. The summed E-state index contributed by atoms with van der Waals surface area (Å²) in [5.74, 6) is 1.15. The van der Waals surface area contributed by atoms with Gasteiger partial charge in [0.2, 0.25) is 5.95 Å². The third-order valence-corrected chi connectivity index (χ3v) is 4.30. The number of carbonyl (C=O) groups is 1. The van der Waals surface area contributed by atoms with E-state index in [1.54, 1.807) is 18.1 Å². The van der Waals surface area contributed by atoms with E-state index < -0.39 is 0 Å². The number of aryl methyl sites for hydroxylation is 1. The molecule has 26 heavy (non-hydrogen) atoms. The highest BCUT2D eigenvalue weighted by molar-refractivity contribution is 5.98. The summed E-state index contributed by atoms with van der Waals surface area (Å²) in [4.78, 5) is 22.3. The van der Waals surface area contributed by atoms with Gasteiger partial charge in [0.25, 0.3) is 5.91 Å². The highest BCUT2D eigenvalue weighted by Gasteiger charge is 2.22. The Morgan fingerprint density at radius 1 is 1.12 bits per heavy atom. The van der Waals surface area contributed by atoms with Crippen LogP contribution in [0.3, 0.4) is 0 Å². The molecular formula is C20H18N4O2. The first kappa shape index (κ1) is 16.1. The number of fused-ring (bicyclic) bond motifs is 1. The third-order valence-electron chi connectivity index (χ3n) is 4.30. The Kier molecular flexibility index (Phi) is 4.01. The molecule has 1 N–H and O–H groups in total. The van der Waals surface area contributed by atoms with Crippen molar-refractivity contribution in [1.82, 2.24) is 9.97 Å². The summed E-state index contributed by atoms with van der Waals surface area (Å²) < 4.78 is 5.47. The molecule has 6 nitrogen and oxygen atoms in total. The van der Waals surface area contributed by atoms with E-state index in [1.165, 1.54) is 5.56 Å². The van der Waals surface area contributed by atoms with Crippen LogP contribution in [-0.2, 0) is 4.79 Å². The molecule has 0 atom stereocenters. The van der Waals surface area contributed by atoms with E-state index in [1.807, 2.05) is 55.5 Å². The van der Waals surface area contributed by atoms with Gasteiger partial charge in [0.1, 0.15) is 5.75 Å².